The molecule has 2 aliphatic carbocycles. The van der Waals surface area contributed by atoms with Crippen molar-refractivity contribution in [2.75, 3.05) is 5.32 Å². The van der Waals surface area contributed by atoms with Crippen LogP contribution in [0.1, 0.15) is 32.1 Å². The third-order valence-corrected chi connectivity index (χ3v) is 4.85. The molecule has 1 aromatic carbocycles. The Balaban J connectivity index is 1.61. The van der Waals surface area contributed by atoms with E-state index in [0.717, 1.165) is 12.3 Å². The highest BCUT2D eigenvalue weighted by Gasteiger charge is 2.40. The highest BCUT2D eigenvalue weighted by atomic mass is 35.5. The lowest BCUT2D eigenvalue weighted by Crippen LogP contribution is -2.20. The van der Waals surface area contributed by atoms with Gasteiger partial charge < -0.3 is 5.32 Å². The summed E-state index contributed by atoms with van der Waals surface area (Å²) in [6.07, 6.45) is 5.53. The molecule has 102 valence electrons. The minimum atomic E-state index is -0.551. The van der Waals surface area contributed by atoms with Crippen molar-refractivity contribution in [2.24, 2.45) is 17.8 Å². The first-order valence-electron chi connectivity index (χ1n) is 6.87. The fourth-order valence-electron chi connectivity index (χ4n) is 3.67. The Morgan fingerprint density at radius 2 is 2.21 bits per heavy atom. The van der Waals surface area contributed by atoms with Crippen LogP contribution >= 0.6 is 11.6 Å². The van der Waals surface area contributed by atoms with Crippen LogP contribution in [0.4, 0.5) is 10.1 Å². The fraction of sp³-hybridized carbons (Fsp3) is 0.533. The molecule has 0 saturated heterocycles. The molecule has 0 aromatic heterocycles. The standard InChI is InChI=1S/C15H17ClFNO/c16-12-2-1-3-13(15(12)17)18-14(19)8-11-7-9-4-5-10(11)6-9/h1-3,9-11H,4-8H2,(H,18,19)/t9-,10-,11-/m1/s1. The van der Waals surface area contributed by atoms with E-state index in [9.17, 15) is 9.18 Å². The first-order valence-corrected chi connectivity index (χ1v) is 7.25. The summed E-state index contributed by atoms with van der Waals surface area (Å²) in [5.74, 6) is 1.37. The maximum Gasteiger partial charge on any atom is 0.224 e. The van der Waals surface area contributed by atoms with E-state index in [-0.39, 0.29) is 16.6 Å². The van der Waals surface area contributed by atoms with Crippen LogP contribution in [-0.2, 0) is 4.79 Å². The molecule has 1 N–H and O–H groups in total. The van der Waals surface area contributed by atoms with Gasteiger partial charge in [-0.2, -0.15) is 0 Å². The number of benzene rings is 1. The van der Waals surface area contributed by atoms with E-state index < -0.39 is 5.82 Å². The maximum absolute atomic E-state index is 13.7. The largest absolute Gasteiger partial charge is 0.324 e. The first-order chi connectivity index (χ1) is 9.13. The van der Waals surface area contributed by atoms with E-state index in [1.54, 1.807) is 12.1 Å². The van der Waals surface area contributed by atoms with Gasteiger partial charge >= 0.3 is 0 Å². The van der Waals surface area contributed by atoms with Crippen molar-refractivity contribution >= 4 is 23.2 Å². The average Bonchev–Trinajstić information content (AvgIpc) is 2.97. The Bertz CT molecular complexity index is 505. The molecule has 0 heterocycles. The number of rotatable bonds is 3. The van der Waals surface area contributed by atoms with Gasteiger partial charge in [0.25, 0.3) is 0 Å². The molecule has 0 aliphatic heterocycles. The lowest BCUT2D eigenvalue weighted by Gasteiger charge is -2.21. The number of fused-ring (bicyclic) bond motifs is 2. The summed E-state index contributed by atoms with van der Waals surface area (Å²) >= 11 is 5.69. The zero-order valence-electron chi connectivity index (χ0n) is 10.7. The predicted octanol–water partition coefficient (Wildman–Crippen LogP) is 4.24. The van der Waals surface area contributed by atoms with Gasteiger partial charge in [-0.25, -0.2) is 4.39 Å². The van der Waals surface area contributed by atoms with E-state index in [1.807, 2.05) is 0 Å². The van der Waals surface area contributed by atoms with Gasteiger partial charge in [0, 0.05) is 6.42 Å². The van der Waals surface area contributed by atoms with Crippen molar-refractivity contribution in [1.82, 2.24) is 0 Å². The van der Waals surface area contributed by atoms with Gasteiger partial charge in [-0.1, -0.05) is 24.1 Å². The number of amides is 1. The summed E-state index contributed by atoms with van der Waals surface area (Å²) in [6, 6.07) is 4.65. The number of anilines is 1. The lowest BCUT2D eigenvalue weighted by molar-refractivity contribution is -0.117. The van der Waals surface area contributed by atoms with Gasteiger partial charge in [0.1, 0.15) is 0 Å². The summed E-state index contributed by atoms with van der Waals surface area (Å²) in [4.78, 5) is 12.0. The van der Waals surface area contributed by atoms with Crippen molar-refractivity contribution in [2.45, 2.75) is 32.1 Å². The number of carbonyl (C=O) groups is 1. The molecule has 19 heavy (non-hydrogen) atoms. The molecule has 0 radical (unpaired) electrons. The molecule has 0 unspecified atom stereocenters. The quantitative estimate of drug-likeness (QED) is 0.882. The van der Waals surface area contributed by atoms with Crippen LogP contribution in [-0.4, -0.2) is 5.91 Å². The van der Waals surface area contributed by atoms with Crippen LogP contribution in [0.3, 0.4) is 0 Å². The van der Waals surface area contributed by atoms with Crippen LogP contribution < -0.4 is 5.32 Å². The molecule has 1 aromatic rings. The van der Waals surface area contributed by atoms with Crippen molar-refractivity contribution in [3.05, 3.63) is 29.0 Å². The topological polar surface area (TPSA) is 29.1 Å². The van der Waals surface area contributed by atoms with Crippen LogP contribution in [0.25, 0.3) is 0 Å². The van der Waals surface area contributed by atoms with Gasteiger partial charge in [0.05, 0.1) is 10.7 Å². The summed E-state index contributed by atoms with van der Waals surface area (Å²) in [6.45, 7) is 0. The van der Waals surface area contributed by atoms with Crippen molar-refractivity contribution in [3.63, 3.8) is 0 Å². The molecular formula is C15H17ClFNO. The number of nitrogens with one attached hydrogen (secondary N) is 1. The minimum absolute atomic E-state index is 0.0396. The van der Waals surface area contributed by atoms with Crippen molar-refractivity contribution < 1.29 is 9.18 Å². The molecule has 2 saturated carbocycles. The summed E-state index contributed by atoms with van der Waals surface area (Å²) < 4.78 is 13.7. The molecular weight excluding hydrogens is 265 g/mol. The molecule has 3 rings (SSSR count). The number of halogens is 2. The zero-order chi connectivity index (χ0) is 13.4. The SMILES string of the molecule is O=C(C[C@H]1C[C@@H]2CC[C@@H]1C2)Nc1cccc(Cl)c1F. The van der Waals surface area contributed by atoms with Crippen molar-refractivity contribution in [1.29, 1.82) is 0 Å². The molecule has 2 bridgehead atoms. The Labute approximate surface area is 117 Å². The normalized spacial score (nSPS) is 28.6. The first kappa shape index (κ1) is 12.9. The van der Waals surface area contributed by atoms with Crippen LogP contribution in [0.2, 0.25) is 5.02 Å². The second-order valence-electron chi connectivity index (χ2n) is 5.79. The van der Waals surface area contributed by atoms with Gasteiger partial charge in [-0.05, 0) is 49.1 Å². The summed E-state index contributed by atoms with van der Waals surface area (Å²) in [5, 5.41) is 2.68. The van der Waals surface area contributed by atoms with Crippen LogP contribution in [0.5, 0.6) is 0 Å². The number of hydrogen-bond donors (Lipinski definition) is 1. The minimum Gasteiger partial charge on any atom is -0.324 e. The number of carbonyl (C=O) groups excluding carboxylic acids is 1. The number of hydrogen-bond acceptors (Lipinski definition) is 1. The Morgan fingerprint density at radius 1 is 1.37 bits per heavy atom. The molecule has 2 fully saturated rings. The van der Waals surface area contributed by atoms with Gasteiger partial charge in [0.2, 0.25) is 5.91 Å². The summed E-state index contributed by atoms with van der Waals surface area (Å²) in [5.41, 5.74) is 0.181. The predicted molar refractivity (Wildman–Crippen MR) is 73.6 cm³/mol. The van der Waals surface area contributed by atoms with Gasteiger partial charge in [-0.3, -0.25) is 4.79 Å². The third-order valence-electron chi connectivity index (χ3n) is 4.56. The highest BCUT2D eigenvalue weighted by molar-refractivity contribution is 6.31. The molecule has 3 atom stereocenters. The van der Waals surface area contributed by atoms with Crippen LogP contribution in [0.15, 0.2) is 18.2 Å². The van der Waals surface area contributed by atoms with Crippen LogP contribution in [0, 0.1) is 23.6 Å². The smallest absolute Gasteiger partial charge is 0.224 e. The molecule has 0 spiro atoms. The lowest BCUT2D eigenvalue weighted by atomic mass is 9.86. The monoisotopic (exact) mass is 281 g/mol. The van der Waals surface area contributed by atoms with E-state index in [2.05, 4.69) is 5.32 Å². The zero-order valence-corrected chi connectivity index (χ0v) is 11.4. The van der Waals surface area contributed by atoms with E-state index >= 15 is 0 Å². The second kappa shape index (κ2) is 5.12. The third kappa shape index (κ3) is 2.62. The van der Waals surface area contributed by atoms with Crippen molar-refractivity contribution in [3.8, 4) is 0 Å². The van der Waals surface area contributed by atoms with E-state index in [0.29, 0.717) is 18.3 Å². The molecule has 2 aliphatic rings. The fourth-order valence-corrected chi connectivity index (χ4v) is 3.84. The Hall–Kier alpha value is -1.09. The summed E-state index contributed by atoms with van der Waals surface area (Å²) in [7, 11) is 0. The molecule has 2 nitrogen and oxygen atoms in total. The Morgan fingerprint density at radius 3 is 2.89 bits per heavy atom. The maximum atomic E-state index is 13.7. The van der Waals surface area contributed by atoms with Gasteiger partial charge in [0.15, 0.2) is 5.82 Å². The van der Waals surface area contributed by atoms with E-state index in [4.69, 9.17) is 11.6 Å². The van der Waals surface area contributed by atoms with E-state index in [1.165, 1.54) is 25.3 Å². The molecule has 4 heteroatoms. The molecule has 1 amide bonds. The van der Waals surface area contributed by atoms with Gasteiger partial charge in [-0.15, -0.1) is 0 Å². The highest BCUT2D eigenvalue weighted by Crippen LogP contribution is 2.49. The second-order valence-corrected chi connectivity index (χ2v) is 6.20. The Kier molecular flexibility index (Phi) is 3.48. The average molecular weight is 282 g/mol.